The molecule has 0 spiro atoms. The van der Waals surface area contributed by atoms with Crippen molar-refractivity contribution in [1.29, 1.82) is 0 Å². The number of ether oxygens (including phenoxy) is 1. The van der Waals surface area contributed by atoms with Gasteiger partial charge in [0.2, 0.25) is 0 Å². The number of anilines is 2. The molecule has 2 aromatic carbocycles. The number of hydrogen-bond donors (Lipinski definition) is 1. The normalized spacial score (nSPS) is 17.2. The van der Waals surface area contributed by atoms with Crippen molar-refractivity contribution in [2.45, 2.75) is 32.9 Å². The number of nitrogens with zero attached hydrogens (tertiary/aromatic N) is 2. The first-order valence-electron chi connectivity index (χ1n) is 10.6. The topological polar surface area (TPSA) is 61.9 Å². The van der Waals surface area contributed by atoms with E-state index in [2.05, 4.69) is 48.3 Å². The molecule has 1 heterocycles. The number of sulfone groups is 1. The van der Waals surface area contributed by atoms with Crippen LogP contribution in [0.25, 0.3) is 0 Å². The zero-order valence-electron chi connectivity index (χ0n) is 18.4. The van der Waals surface area contributed by atoms with Gasteiger partial charge in [-0.1, -0.05) is 12.1 Å². The Morgan fingerprint density at radius 3 is 2.26 bits per heavy atom. The van der Waals surface area contributed by atoms with Crippen LogP contribution < -0.4 is 15.0 Å². The molecule has 1 fully saturated rings. The van der Waals surface area contributed by atoms with Crippen molar-refractivity contribution < 1.29 is 13.2 Å². The average Bonchev–Trinajstić information content (AvgIpc) is 3.13. The maximum absolute atomic E-state index is 12.1. The molecule has 0 aromatic heterocycles. The largest absolute Gasteiger partial charge is 0.497 e. The predicted molar refractivity (Wildman–Crippen MR) is 132 cm³/mol. The van der Waals surface area contributed by atoms with Gasteiger partial charge in [0, 0.05) is 37.1 Å². The second-order valence-corrected chi connectivity index (χ2v) is 10.3. The van der Waals surface area contributed by atoms with Crippen LogP contribution in [-0.2, 0) is 16.4 Å². The molecule has 0 aliphatic carbocycles. The molecular weight excluding hydrogens is 430 g/mol. The Labute approximate surface area is 191 Å². The van der Waals surface area contributed by atoms with E-state index < -0.39 is 9.84 Å². The van der Waals surface area contributed by atoms with E-state index in [-0.39, 0.29) is 17.5 Å². The summed E-state index contributed by atoms with van der Waals surface area (Å²) in [5.41, 5.74) is 3.12. The number of nitrogens with one attached hydrogen (secondary N) is 1. The lowest BCUT2D eigenvalue weighted by Gasteiger charge is -2.31. The molecule has 0 radical (unpaired) electrons. The maximum atomic E-state index is 12.1. The second-order valence-electron chi connectivity index (χ2n) is 7.68. The third kappa shape index (κ3) is 6.11. The molecule has 31 heavy (non-hydrogen) atoms. The molecule has 3 rings (SSSR count). The lowest BCUT2D eigenvalue weighted by Crippen LogP contribution is -2.43. The molecule has 1 aliphatic rings. The van der Waals surface area contributed by atoms with Gasteiger partial charge in [-0.15, -0.1) is 0 Å². The summed E-state index contributed by atoms with van der Waals surface area (Å²) in [6.07, 6.45) is 0.588. The van der Waals surface area contributed by atoms with Gasteiger partial charge in [-0.2, -0.15) is 0 Å². The third-order valence-electron chi connectivity index (χ3n) is 5.67. The molecule has 1 unspecified atom stereocenters. The summed E-state index contributed by atoms with van der Waals surface area (Å²) in [6.45, 7) is 6.75. The van der Waals surface area contributed by atoms with E-state index in [0.29, 0.717) is 18.1 Å². The summed E-state index contributed by atoms with van der Waals surface area (Å²) in [7, 11) is -1.40. The Morgan fingerprint density at radius 1 is 1.10 bits per heavy atom. The quantitative estimate of drug-likeness (QED) is 0.598. The highest BCUT2D eigenvalue weighted by molar-refractivity contribution is 7.91. The predicted octanol–water partition coefficient (Wildman–Crippen LogP) is 3.93. The Morgan fingerprint density at radius 2 is 1.74 bits per heavy atom. The van der Waals surface area contributed by atoms with Gasteiger partial charge in [-0.05, 0) is 74.4 Å². The van der Waals surface area contributed by atoms with Crippen molar-refractivity contribution >= 4 is 38.5 Å². The average molecular weight is 462 g/mol. The molecule has 0 amide bonds. The standard InChI is InChI=1S/C23H31N3O3S2/c1-4-25(5-2)20-10-6-18(7-11-20)16-26(21-14-15-31(27,28)17-21)23(30)24-19-8-12-22(29-3)13-9-19/h6-13,21H,4-5,14-17H2,1-3H3,(H,24,30). The van der Waals surface area contributed by atoms with Gasteiger partial charge in [0.05, 0.1) is 18.6 Å². The zero-order chi connectivity index (χ0) is 22.4. The Hall–Kier alpha value is -2.32. The zero-order valence-corrected chi connectivity index (χ0v) is 20.0. The molecule has 1 atom stereocenters. The first kappa shape index (κ1) is 23.3. The molecule has 1 saturated heterocycles. The van der Waals surface area contributed by atoms with E-state index in [0.717, 1.165) is 30.1 Å². The summed E-state index contributed by atoms with van der Waals surface area (Å²) >= 11 is 5.71. The van der Waals surface area contributed by atoms with Crippen LogP contribution in [0.3, 0.4) is 0 Å². The van der Waals surface area contributed by atoms with Crippen LogP contribution in [0.4, 0.5) is 11.4 Å². The van der Waals surface area contributed by atoms with E-state index in [9.17, 15) is 8.42 Å². The molecule has 1 N–H and O–H groups in total. The Kier molecular flexibility index (Phi) is 7.78. The molecular formula is C23H31N3O3S2. The fourth-order valence-corrected chi connectivity index (χ4v) is 5.92. The van der Waals surface area contributed by atoms with Gasteiger partial charge in [-0.3, -0.25) is 0 Å². The molecule has 2 aromatic rings. The van der Waals surface area contributed by atoms with Crippen molar-refractivity contribution in [3.8, 4) is 5.75 Å². The second kappa shape index (κ2) is 10.3. The third-order valence-corrected chi connectivity index (χ3v) is 7.76. The van der Waals surface area contributed by atoms with Crippen molar-refractivity contribution in [3.05, 3.63) is 54.1 Å². The highest BCUT2D eigenvalue weighted by atomic mass is 32.2. The van der Waals surface area contributed by atoms with Gasteiger partial charge < -0.3 is 19.9 Å². The van der Waals surface area contributed by atoms with Crippen LogP contribution in [-0.4, -0.2) is 56.2 Å². The first-order valence-corrected chi connectivity index (χ1v) is 12.8. The van der Waals surface area contributed by atoms with Crippen LogP contribution in [0.2, 0.25) is 0 Å². The smallest absolute Gasteiger partial charge is 0.174 e. The molecule has 0 bridgehead atoms. The van der Waals surface area contributed by atoms with Gasteiger partial charge in [0.1, 0.15) is 5.75 Å². The Balaban J connectivity index is 1.78. The monoisotopic (exact) mass is 461 g/mol. The van der Waals surface area contributed by atoms with E-state index in [1.807, 2.05) is 29.2 Å². The minimum absolute atomic E-state index is 0.134. The SMILES string of the molecule is CCN(CC)c1ccc(CN(C(=S)Nc2ccc(OC)cc2)C2CCS(=O)(=O)C2)cc1. The lowest BCUT2D eigenvalue weighted by atomic mass is 10.1. The summed E-state index contributed by atoms with van der Waals surface area (Å²) in [4.78, 5) is 4.30. The number of rotatable bonds is 8. The van der Waals surface area contributed by atoms with Crippen LogP contribution >= 0.6 is 12.2 Å². The molecule has 8 heteroatoms. The molecule has 6 nitrogen and oxygen atoms in total. The molecule has 1 aliphatic heterocycles. The molecule has 0 saturated carbocycles. The summed E-state index contributed by atoms with van der Waals surface area (Å²) in [5.74, 6) is 1.11. The minimum Gasteiger partial charge on any atom is -0.497 e. The summed E-state index contributed by atoms with van der Waals surface area (Å²) < 4.78 is 29.5. The number of benzene rings is 2. The fourth-order valence-electron chi connectivity index (χ4n) is 3.86. The summed E-state index contributed by atoms with van der Waals surface area (Å²) in [6, 6.07) is 15.8. The van der Waals surface area contributed by atoms with Crippen molar-refractivity contribution in [3.63, 3.8) is 0 Å². The first-order chi connectivity index (χ1) is 14.8. The van der Waals surface area contributed by atoms with Crippen LogP contribution in [0.1, 0.15) is 25.8 Å². The lowest BCUT2D eigenvalue weighted by molar-refractivity contribution is 0.332. The van der Waals surface area contributed by atoms with Crippen LogP contribution in [0.15, 0.2) is 48.5 Å². The number of thiocarbonyl (C=S) groups is 1. The van der Waals surface area contributed by atoms with Crippen LogP contribution in [0, 0.1) is 0 Å². The number of methoxy groups -OCH3 is 1. The maximum Gasteiger partial charge on any atom is 0.174 e. The number of hydrogen-bond acceptors (Lipinski definition) is 5. The van der Waals surface area contributed by atoms with Crippen molar-refractivity contribution in [1.82, 2.24) is 4.90 Å². The highest BCUT2D eigenvalue weighted by Crippen LogP contribution is 2.23. The van der Waals surface area contributed by atoms with Gasteiger partial charge in [0.15, 0.2) is 14.9 Å². The Bertz CT molecular complexity index is 972. The van der Waals surface area contributed by atoms with E-state index >= 15 is 0 Å². The van der Waals surface area contributed by atoms with Crippen LogP contribution in [0.5, 0.6) is 5.75 Å². The fraction of sp³-hybridized carbons (Fsp3) is 0.435. The van der Waals surface area contributed by atoms with Gasteiger partial charge in [0.25, 0.3) is 0 Å². The summed E-state index contributed by atoms with van der Waals surface area (Å²) in [5, 5.41) is 3.79. The van der Waals surface area contributed by atoms with E-state index in [1.54, 1.807) is 7.11 Å². The highest BCUT2D eigenvalue weighted by Gasteiger charge is 2.33. The van der Waals surface area contributed by atoms with Crippen molar-refractivity contribution in [2.24, 2.45) is 0 Å². The molecule has 168 valence electrons. The van der Waals surface area contributed by atoms with E-state index in [1.165, 1.54) is 5.69 Å². The van der Waals surface area contributed by atoms with E-state index in [4.69, 9.17) is 17.0 Å². The van der Waals surface area contributed by atoms with Crippen molar-refractivity contribution in [2.75, 3.05) is 41.9 Å². The minimum atomic E-state index is -3.03. The van der Waals surface area contributed by atoms with Gasteiger partial charge in [-0.25, -0.2) is 8.42 Å². The van der Waals surface area contributed by atoms with Gasteiger partial charge >= 0.3 is 0 Å².